The highest BCUT2D eigenvalue weighted by molar-refractivity contribution is 5.96. The van der Waals surface area contributed by atoms with Crippen LogP contribution in [0.25, 0.3) is 0 Å². The Bertz CT molecular complexity index is 909. The third kappa shape index (κ3) is 4.37. The molecule has 8 heteroatoms. The minimum absolute atomic E-state index is 0.0738. The number of amides is 1. The van der Waals surface area contributed by atoms with E-state index in [1.807, 2.05) is 4.90 Å². The topological polar surface area (TPSA) is 75.9 Å². The molecule has 1 aliphatic carbocycles. The Labute approximate surface area is 167 Å². The molecular formula is C21H22FN3O4. The number of morpholine rings is 1. The Morgan fingerprint density at radius 2 is 1.86 bits per heavy atom. The Kier molecular flexibility index (Phi) is 5.44. The maximum Gasteiger partial charge on any atom is 0.293 e. The third-order valence-corrected chi connectivity index (χ3v) is 5.29. The number of hydrogen-bond acceptors (Lipinski definition) is 5. The van der Waals surface area contributed by atoms with Crippen molar-refractivity contribution in [1.29, 1.82) is 0 Å². The molecule has 2 fully saturated rings. The number of nitrogens with zero attached hydrogens (tertiary/aromatic N) is 3. The zero-order valence-electron chi connectivity index (χ0n) is 15.9. The summed E-state index contributed by atoms with van der Waals surface area (Å²) in [6, 6.07) is 10.8. The van der Waals surface area contributed by atoms with Gasteiger partial charge < -0.3 is 14.5 Å². The first-order valence-corrected chi connectivity index (χ1v) is 9.69. The van der Waals surface area contributed by atoms with E-state index in [0.717, 1.165) is 18.4 Å². The maximum absolute atomic E-state index is 13.2. The zero-order valence-corrected chi connectivity index (χ0v) is 15.9. The number of ether oxygens (including phenoxy) is 1. The van der Waals surface area contributed by atoms with Crippen LogP contribution in [0.1, 0.15) is 28.8 Å². The first-order chi connectivity index (χ1) is 14.0. The van der Waals surface area contributed by atoms with Gasteiger partial charge in [0.15, 0.2) is 0 Å². The smallest absolute Gasteiger partial charge is 0.293 e. The molecule has 29 heavy (non-hydrogen) atoms. The fraction of sp³-hybridized carbons (Fsp3) is 0.381. The van der Waals surface area contributed by atoms with Crippen molar-refractivity contribution in [2.45, 2.75) is 25.4 Å². The van der Waals surface area contributed by atoms with Gasteiger partial charge in [-0.2, -0.15) is 0 Å². The van der Waals surface area contributed by atoms with Gasteiger partial charge in [-0.15, -0.1) is 0 Å². The molecule has 0 spiro atoms. The second kappa shape index (κ2) is 8.16. The van der Waals surface area contributed by atoms with Gasteiger partial charge in [0.25, 0.3) is 11.6 Å². The first-order valence-electron chi connectivity index (χ1n) is 9.69. The van der Waals surface area contributed by atoms with Crippen LogP contribution in [0.5, 0.6) is 0 Å². The van der Waals surface area contributed by atoms with Gasteiger partial charge in [-0.3, -0.25) is 14.9 Å². The van der Waals surface area contributed by atoms with Crippen LogP contribution in [0, 0.1) is 15.9 Å². The van der Waals surface area contributed by atoms with Crippen molar-refractivity contribution in [3.05, 3.63) is 69.5 Å². The van der Waals surface area contributed by atoms with Gasteiger partial charge in [-0.05, 0) is 42.7 Å². The van der Waals surface area contributed by atoms with Crippen LogP contribution in [0.15, 0.2) is 42.5 Å². The number of nitro groups is 1. The van der Waals surface area contributed by atoms with Crippen LogP contribution < -0.4 is 4.90 Å². The lowest BCUT2D eigenvalue weighted by Gasteiger charge is -2.29. The normalized spacial score (nSPS) is 16.5. The lowest BCUT2D eigenvalue weighted by atomic mass is 10.1. The second-order valence-electron chi connectivity index (χ2n) is 7.35. The summed E-state index contributed by atoms with van der Waals surface area (Å²) >= 11 is 0. The molecule has 0 aromatic heterocycles. The molecule has 0 N–H and O–H groups in total. The van der Waals surface area contributed by atoms with E-state index in [0.29, 0.717) is 44.1 Å². The highest BCUT2D eigenvalue weighted by atomic mass is 19.1. The SMILES string of the molecule is O=C(c1ccc(N2CCOCC2)c([N+](=O)[O-])c1)N(Cc1ccc(F)cc1)C1CC1. The van der Waals surface area contributed by atoms with Crippen LogP contribution >= 0.6 is 0 Å². The molecule has 0 radical (unpaired) electrons. The quantitative estimate of drug-likeness (QED) is 0.550. The molecule has 7 nitrogen and oxygen atoms in total. The van der Waals surface area contributed by atoms with E-state index in [9.17, 15) is 19.3 Å². The summed E-state index contributed by atoms with van der Waals surface area (Å²) in [5.74, 6) is -0.569. The fourth-order valence-electron chi connectivity index (χ4n) is 3.58. The number of halogens is 1. The van der Waals surface area contributed by atoms with Crippen LogP contribution in [-0.4, -0.2) is 48.1 Å². The summed E-state index contributed by atoms with van der Waals surface area (Å²) in [5.41, 5.74) is 1.55. The molecule has 1 saturated heterocycles. The van der Waals surface area contributed by atoms with E-state index in [2.05, 4.69) is 0 Å². The van der Waals surface area contributed by atoms with Gasteiger partial charge in [0.05, 0.1) is 18.1 Å². The van der Waals surface area contributed by atoms with Crippen molar-refractivity contribution in [1.82, 2.24) is 4.90 Å². The Balaban J connectivity index is 1.59. The molecular weight excluding hydrogens is 377 g/mol. The van der Waals surface area contributed by atoms with Gasteiger partial charge in [0, 0.05) is 37.3 Å². The molecule has 2 aromatic carbocycles. The maximum atomic E-state index is 13.2. The average molecular weight is 399 g/mol. The molecule has 0 unspecified atom stereocenters. The average Bonchev–Trinajstić information content (AvgIpc) is 3.58. The molecule has 0 atom stereocenters. The summed E-state index contributed by atoms with van der Waals surface area (Å²) in [7, 11) is 0. The fourth-order valence-corrected chi connectivity index (χ4v) is 3.58. The zero-order chi connectivity index (χ0) is 20.4. The molecule has 2 aliphatic rings. The molecule has 1 saturated carbocycles. The third-order valence-electron chi connectivity index (χ3n) is 5.29. The number of carbonyl (C=O) groups is 1. The van der Waals surface area contributed by atoms with E-state index < -0.39 is 4.92 Å². The lowest BCUT2D eigenvalue weighted by molar-refractivity contribution is -0.384. The summed E-state index contributed by atoms with van der Waals surface area (Å²) in [4.78, 5) is 28.0. The molecule has 152 valence electrons. The van der Waals surface area contributed by atoms with Gasteiger partial charge >= 0.3 is 0 Å². The van der Waals surface area contributed by atoms with E-state index in [4.69, 9.17) is 4.74 Å². The van der Waals surface area contributed by atoms with E-state index in [1.165, 1.54) is 18.2 Å². The minimum atomic E-state index is -0.441. The molecule has 1 heterocycles. The summed E-state index contributed by atoms with van der Waals surface area (Å²) in [5, 5.41) is 11.7. The summed E-state index contributed by atoms with van der Waals surface area (Å²) in [6.07, 6.45) is 1.81. The number of benzene rings is 2. The molecule has 1 aliphatic heterocycles. The molecule has 1 amide bonds. The number of rotatable bonds is 6. The number of anilines is 1. The largest absolute Gasteiger partial charge is 0.378 e. The molecule has 2 aromatic rings. The summed E-state index contributed by atoms with van der Waals surface area (Å²) in [6.45, 7) is 2.54. The number of carbonyl (C=O) groups excluding carboxylic acids is 1. The lowest BCUT2D eigenvalue weighted by Crippen LogP contribution is -2.36. The number of nitro benzene ring substituents is 1. The van der Waals surface area contributed by atoms with Crippen LogP contribution in [0.2, 0.25) is 0 Å². The highest BCUT2D eigenvalue weighted by Gasteiger charge is 2.34. The predicted octanol–water partition coefficient (Wildman–Crippen LogP) is 3.38. The van der Waals surface area contributed by atoms with E-state index in [1.54, 1.807) is 29.2 Å². The molecule has 4 rings (SSSR count). The Morgan fingerprint density at radius 1 is 1.17 bits per heavy atom. The highest BCUT2D eigenvalue weighted by Crippen LogP contribution is 2.33. The monoisotopic (exact) mass is 399 g/mol. The van der Waals surface area contributed by atoms with Crippen molar-refractivity contribution < 1.29 is 18.8 Å². The Morgan fingerprint density at radius 3 is 2.48 bits per heavy atom. The van der Waals surface area contributed by atoms with Crippen molar-refractivity contribution in [2.24, 2.45) is 0 Å². The predicted molar refractivity (Wildman–Crippen MR) is 105 cm³/mol. The number of hydrogen-bond donors (Lipinski definition) is 0. The van der Waals surface area contributed by atoms with Crippen LogP contribution in [0.3, 0.4) is 0 Å². The van der Waals surface area contributed by atoms with Crippen molar-refractivity contribution in [2.75, 3.05) is 31.2 Å². The van der Waals surface area contributed by atoms with Gasteiger partial charge in [-0.1, -0.05) is 12.1 Å². The van der Waals surface area contributed by atoms with Crippen molar-refractivity contribution in [3.8, 4) is 0 Å². The first kappa shape index (κ1) is 19.3. The second-order valence-corrected chi connectivity index (χ2v) is 7.35. The van der Waals surface area contributed by atoms with Crippen molar-refractivity contribution in [3.63, 3.8) is 0 Å². The minimum Gasteiger partial charge on any atom is -0.378 e. The van der Waals surface area contributed by atoms with Gasteiger partial charge in [0.1, 0.15) is 11.5 Å². The van der Waals surface area contributed by atoms with Crippen LogP contribution in [0.4, 0.5) is 15.8 Å². The van der Waals surface area contributed by atoms with Gasteiger partial charge in [0.2, 0.25) is 0 Å². The van der Waals surface area contributed by atoms with E-state index >= 15 is 0 Å². The van der Waals surface area contributed by atoms with Gasteiger partial charge in [-0.25, -0.2) is 4.39 Å². The van der Waals surface area contributed by atoms with E-state index in [-0.39, 0.29) is 23.5 Å². The van der Waals surface area contributed by atoms with Crippen molar-refractivity contribution >= 4 is 17.3 Å². The standard InChI is InChI=1S/C21H22FN3O4/c22-17-4-1-15(2-5-17)14-24(18-6-7-18)21(26)16-3-8-19(20(13-16)25(27)28)23-9-11-29-12-10-23/h1-5,8,13,18H,6-7,9-12,14H2. The molecule has 0 bridgehead atoms. The summed E-state index contributed by atoms with van der Waals surface area (Å²) < 4.78 is 18.5. The Hall–Kier alpha value is -3.00. The van der Waals surface area contributed by atoms with Crippen LogP contribution in [-0.2, 0) is 11.3 Å².